The van der Waals surface area contributed by atoms with Gasteiger partial charge in [0.2, 0.25) is 0 Å². The Hall–Kier alpha value is -0.640. The van der Waals surface area contributed by atoms with E-state index in [0.29, 0.717) is 5.01 Å². The van der Waals surface area contributed by atoms with E-state index in [1.165, 1.54) is 0 Å². The van der Waals surface area contributed by atoms with Crippen LogP contribution in [0.3, 0.4) is 0 Å². The molecule has 0 aromatic rings. The summed E-state index contributed by atoms with van der Waals surface area (Å²) in [7, 11) is -6.11. The fourth-order valence-corrected chi connectivity index (χ4v) is 3.17. The third-order valence-electron chi connectivity index (χ3n) is 2.29. The minimum Gasteiger partial charge on any atom is -0.322 e. The van der Waals surface area contributed by atoms with Gasteiger partial charge in [-0.1, -0.05) is 4.57 Å². The molecule has 0 aromatic carbocycles. The third kappa shape index (κ3) is 2.37. The number of nitrogens with one attached hydrogen (secondary N) is 1. The lowest BCUT2D eigenvalue weighted by molar-refractivity contribution is -0.138. The molecule has 16 heavy (non-hydrogen) atoms. The van der Waals surface area contributed by atoms with Crippen molar-refractivity contribution in [1.82, 2.24) is 9.73 Å². The van der Waals surface area contributed by atoms with Crippen molar-refractivity contribution in [2.45, 2.75) is 17.7 Å². The Balaban J connectivity index is 3.17. The molecule has 9 nitrogen and oxygen atoms in total. The number of carbonyl (C=O) groups excluding carboxylic acids is 1. The van der Waals surface area contributed by atoms with Gasteiger partial charge in [0.25, 0.3) is 0 Å². The zero-order valence-electron chi connectivity index (χ0n) is 8.08. The minimum absolute atomic E-state index is 0.124. The summed E-state index contributed by atoms with van der Waals surface area (Å²) in [6, 6.07) is -1.02. The Bertz CT molecular complexity index is 413. The fraction of sp³-hybridized carbons (Fsp3) is 0.800. The van der Waals surface area contributed by atoms with Crippen LogP contribution in [0.5, 0.6) is 0 Å². The van der Waals surface area contributed by atoms with Gasteiger partial charge >= 0.3 is 30.0 Å². The summed E-state index contributed by atoms with van der Waals surface area (Å²) in [5.41, 5.74) is 5.55. The molecule has 92 valence electrons. The molecule has 0 aromatic heterocycles. The minimum atomic E-state index is -4.71. The van der Waals surface area contributed by atoms with Crippen molar-refractivity contribution >= 4 is 24.7 Å². The monoisotopic (exact) mass is 271 g/mol. The predicted octanol–water partition coefficient (Wildman–Crippen LogP) is -2.47. The van der Waals surface area contributed by atoms with Gasteiger partial charge in [-0.2, -0.15) is 8.42 Å². The first kappa shape index (κ1) is 13.4. The van der Waals surface area contributed by atoms with Crippen LogP contribution in [-0.4, -0.2) is 41.8 Å². The average molecular weight is 271 g/mol. The van der Waals surface area contributed by atoms with E-state index in [4.69, 9.17) is 16.1 Å². The highest BCUT2D eigenvalue weighted by molar-refractivity contribution is 7.84. The summed E-state index contributed by atoms with van der Waals surface area (Å²) in [5.74, 6) is 4.35. The van der Waals surface area contributed by atoms with Crippen LogP contribution < -0.4 is 16.3 Å². The van der Waals surface area contributed by atoms with E-state index in [-0.39, 0.29) is 13.0 Å². The Kier molecular flexibility index (Phi) is 3.62. The van der Waals surface area contributed by atoms with E-state index < -0.39 is 36.0 Å². The number of rotatable bonds is 3. The van der Waals surface area contributed by atoms with E-state index in [1.54, 1.807) is 4.72 Å². The highest BCUT2D eigenvalue weighted by atomic mass is 32.2. The van der Waals surface area contributed by atoms with Gasteiger partial charge in [0.15, 0.2) is 0 Å². The maximum absolute atomic E-state index is 11.7. The molecule has 1 rings (SSSR count). The van der Waals surface area contributed by atoms with Crippen molar-refractivity contribution in [3.8, 4) is 0 Å². The van der Waals surface area contributed by atoms with Gasteiger partial charge in [-0.05, 0) is 6.42 Å². The third-order valence-corrected chi connectivity index (χ3v) is 4.08. The molecule has 0 bridgehead atoms. The summed E-state index contributed by atoms with van der Waals surface area (Å²) in [6.07, 6.45) is 0.167. The predicted molar refractivity (Wildman–Crippen MR) is 54.9 cm³/mol. The Morgan fingerprint density at radius 1 is 1.62 bits per heavy atom. The number of amides is 1. The number of hydrazine groups is 1. The lowest BCUT2D eigenvalue weighted by Gasteiger charge is -2.34. The number of carbonyl (C=O) groups is 1. The van der Waals surface area contributed by atoms with Crippen molar-refractivity contribution in [2.24, 2.45) is 11.6 Å². The molecule has 1 heterocycles. The molecule has 1 saturated heterocycles. The highest BCUT2D eigenvalue weighted by Crippen LogP contribution is 2.30. The van der Waals surface area contributed by atoms with Crippen LogP contribution in [0, 0.1) is 0 Å². The van der Waals surface area contributed by atoms with Crippen molar-refractivity contribution in [2.75, 3.05) is 6.54 Å². The van der Waals surface area contributed by atoms with E-state index in [9.17, 15) is 17.8 Å². The van der Waals surface area contributed by atoms with Crippen LogP contribution >= 0.6 is 8.46 Å². The standard InChI is InChI=1S/C5H11N4O5PS/c6-3-1-2-9(7)4(10)5(3,15-11)8-16(12,13)14/h3,8H,1-2,6-7H2,(H,12,13,14)/p+1. The summed E-state index contributed by atoms with van der Waals surface area (Å²) < 4.78 is 42.7. The van der Waals surface area contributed by atoms with Crippen molar-refractivity contribution in [3.05, 3.63) is 0 Å². The molecule has 1 aliphatic heterocycles. The van der Waals surface area contributed by atoms with E-state index in [2.05, 4.69) is 0 Å². The molecule has 6 N–H and O–H groups in total. The highest BCUT2D eigenvalue weighted by Gasteiger charge is 2.59. The maximum atomic E-state index is 11.7. The molecule has 1 fully saturated rings. The maximum Gasteiger partial charge on any atom is 0.359 e. The van der Waals surface area contributed by atoms with Gasteiger partial charge in [0.05, 0.1) is 6.04 Å². The number of piperidine rings is 1. The summed E-state index contributed by atoms with van der Waals surface area (Å²) in [4.78, 5) is 11.7. The molecular weight excluding hydrogens is 259 g/mol. The topological polar surface area (TPSA) is 156 Å². The second-order valence-corrected chi connectivity index (χ2v) is 5.53. The van der Waals surface area contributed by atoms with Crippen molar-refractivity contribution in [1.29, 1.82) is 0 Å². The van der Waals surface area contributed by atoms with E-state index >= 15 is 0 Å². The molecule has 1 aliphatic rings. The SMILES string of the molecule is NC1CCN(N)C(=O)C1(NS(=O)(=O)O)[PH+]=O. The van der Waals surface area contributed by atoms with Gasteiger partial charge in [0, 0.05) is 6.54 Å². The van der Waals surface area contributed by atoms with Gasteiger partial charge in [-0.3, -0.25) is 14.4 Å². The summed E-state index contributed by atoms with van der Waals surface area (Å²) in [5, 5.41) is -1.37. The molecule has 3 unspecified atom stereocenters. The largest absolute Gasteiger partial charge is 0.359 e. The Morgan fingerprint density at radius 2 is 2.19 bits per heavy atom. The summed E-state index contributed by atoms with van der Waals surface area (Å²) in [6.45, 7) is 0.124. The van der Waals surface area contributed by atoms with Gasteiger partial charge in [0.1, 0.15) is 0 Å². The lowest BCUT2D eigenvalue weighted by atomic mass is 10.0. The molecule has 0 spiro atoms. The normalized spacial score (nSPS) is 32.1. The van der Waals surface area contributed by atoms with Crippen LogP contribution in [0.1, 0.15) is 6.42 Å². The van der Waals surface area contributed by atoms with Crippen molar-refractivity contribution in [3.63, 3.8) is 0 Å². The number of hydrogen-bond donors (Lipinski definition) is 4. The van der Waals surface area contributed by atoms with E-state index in [1.807, 2.05) is 0 Å². The quantitative estimate of drug-likeness (QED) is 0.192. The summed E-state index contributed by atoms with van der Waals surface area (Å²) >= 11 is 0. The second-order valence-electron chi connectivity index (χ2n) is 3.38. The average Bonchev–Trinajstić information content (AvgIpc) is 2.17. The number of hydrogen-bond acceptors (Lipinski definition) is 6. The first-order chi connectivity index (χ1) is 7.23. The second kappa shape index (κ2) is 4.32. The molecule has 0 saturated carbocycles. The number of nitrogens with zero attached hydrogens (tertiary/aromatic N) is 1. The van der Waals surface area contributed by atoms with Crippen LogP contribution in [0.25, 0.3) is 0 Å². The molecule has 0 aliphatic carbocycles. The zero-order valence-corrected chi connectivity index (χ0v) is 9.90. The Morgan fingerprint density at radius 3 is 2.62 bits per heavy atom. The molecule has 3 atom stereocenters. The molecule has 11 heteroatoms. The van der Waals surface area contributed by atoms with Crippen LogP contribution in [0.15, 0.2) is 0 Å². The van der Waals surface area contributed by atoms with Crippen molar-refractivity contribution < 1.29 is 22.3 Å². The zero-order chi connectivity index (χ0) is 12.6. The van der Waals surface area contributed by atoms with Gasteiger partial charge in [-0.15, -0.1) is 4.72 Å². The molecule has 0 radical (unpaired) electrons. The molecule has 1 amide bonds. The van der Waals surface area contributed by atoms with Crippen LogP contribution in [0.2, 0.25) is 0 Å². The van der Waals surface area contributed by atoms with Gasteiger partial charge < -0.3 is 5.73 Å². The smallest absolute Gasteiger partial charge is 0.322 e. The first-order valence-electron chi connectivity index (χ1n) is 4.21. The van der Waals surface area contributed by atoms with Crippen LogP contribution in [-0.2, 0) is 19.7 Å². The van der Waals surface area contributed by atoms with Crippen LogP contribution in [0.4, 0.5) is 0 Å². The fourth-order valence-electron chi connectivity index (χ4n) is 1.44. The number of nitrogens with two attached hydrogens (primary N) is 2. The van der Waals surface area contributed by atoms with E-state index in [0.717, 1.165) is 0 Å². The Labute approximate surface area is 93.2 Å². The lowest BCUT2D eigenvalue weighted by Crippen LogP contribution is -2.69. The molecular formula is C5H12N4O5PS+. The first-order valence-corrected chi connectivity index (χ1v) is 6.55. The van der Waals surface area contributed by atoms with Gasteiger partial charge in [-0.25, -0.2) is 5.84 Å².